The minimum Gasteiger partial charge on any atom is -0.496 e. The van der Waals surface area contributed by atoms with Crippen LogP contribution in [0.2, 0.25) is 0 Å². The second-order valence-electron chi connectivity index (χ2n) is 15.1. The van der Waals surface area contributed by atoms with Gasteiger partial charge in [0.2, 0.25) is 0 Å². The number of allylic oxidation sites excluding steroid dienone is 2. The van der Waals surface area contributed by atoms with E-state index in [0.29, 0.717) is 46.3 Å². The van der Waals surface area contributed by atoms with Crippen LogP contribution in [-0.4, -0.2) is 14.2 Å². The predicted octanol–water partition coefficient (Wildman–Crippen LogP) is 7.21. The number of hydrogen-bond acceptors (Lipinski definition) is 4. The molecule has 0 N–H and O–H groups in total. The molecule has 202 valence electrons. The molecule has 11 rings (SSSR count). The largest absolute Gasteiger partial charge is 0.496 e. The number of ether oxygens (including phenoxy) is 2. The fourth-order valence-electron chi connectivity index (χ4n) is 14.9. The van der Waals surface area contributed by atoms with Crippen molar-refractivity contribution >= 4 is 10.8 Å². The van der Waals surface area contributed by atoms with Gasteiger partial charge in [-0.3, -0.25) is 0 Å². The first-order valence-corrected chi connectivity index (χ1v) is 15.7. The number of benzene rings is 2. The first-order chi connectivity index (χ1) is 19.5. The lowest BCUT2D eigenvalue weighted by molar-refractivity contribution is -0.374. The Labute approximate surface area is 236 Å². The number of methoxy groups -OCH3 is 2. The molecular weight excluding hydrogens is 492 g/mol. The van der Waals surface area contributed by atoms with Crippen LogP contribution in [0.5, 0.6) is 11.5 Å². The number of hydrogen-bond donors (Lipinski definition) is 0. The van der Waals surface area contributed by atoms with E-state index in [2.05, 4.69) is 50.3 Å². The monoisotopic (exact) mass is 528 g/mol. The minimum atomic E-state index is 0.341. The maximum atomic E-state index is 10.1. The number of nitrogens with zero attached hydrogens (tertiary/aromatic N) is 2. The molecule has 9 aliphatic carbocycles. The maximum Gasteiger partial charge on any atom is 0.130 e. The molecule has 4 heteroatoms. The molecule has 0 spiro atoms. The van der Waals surface area contributed by atoms with Crippen molar-refractivity contribution in [2.75, 3.05) is 14.2 Å². The molecular formula is C36H36N2O2. The SMILES string of the molecule is COc1c2c(c(OC)c3ccccc13)[C@@H]1C[C@H]2[C@@H]2[C@H]1[C@@]1(C)C3C([C@H]4C[C@@H]3C3C4[C@H]4CC[C@@H]3C(C#N)=C4C#N)[C@@]21C. The van der Waals surface area contributed by atoms with E-state index in [-0.39, 0.29) is 0 Å². The summed E-state index contributed by atoms with van der Waals surface area (Å²) in [5.74, 6) is 9.73. The smallest absolute Gasteiger partial charge is 0.130 e. The minimum absolute atomic E-state index is 0.341. The van der Waals surface area contributed by atoms with Crippen molar-refractivity contribution in [2.24, 2.45) is 70.0 Å². The number of rotatable bonds is 2. The average Bonchev–Trinajstić information content (AvgIpc) is 3.76. The highest BCUT2D eigenvalue weighted by atomic mass is 16.5. The third-order valence-electron chi connectivity index (χ3n) is 15.3. The molecule has 2 aromatic carbocycles. The Kier molecular flexibility index (Phi) is 3.82. The summed E-state index contributed by atoms with van der Waals surface area (Å²) in [6, 6.07) is 13.7. The molecule has 6 fully saturated rings. The van der Waals surface area contributed by atoms with Gasteiger partial charge < -0.3 is 9.47 Å². The molecule has 4 unspecified atom stereocenters. The molecule has 2 aromatic rings. The normalized spacial score (nSPS) is 50.6. The van der Waals surface area contributed by atoms with Crippen LogP contribution in [0, 0.1) is 92.7 Å². The second-order valence-corrected chi connectivity index (χ2v) is 15.1. The highest BCUT2D eigenvalue weighted by Gasteiger charge is 2.90. The van der Waals surface area contributed by atoms with Gasteiger partial charge in [-0.05, 0) is 108 Å². The molecule has 6 bridgehead atoms. The maximum absolute atomic E-state index is 10.1. The molecule has 0 aliphatic heterocycles. The molecule has 0 heterocycles. The van der Waals surface area contributed by atoms with E-state index in [1.807, 2.05) is 14.2 Å². The standard InChI is InChI=1S/C36H36N2O2/c1-35-29-19-11-20(26-16-10-9-15(25(19)26)23(13-37)24(16)14-38)30(29)36(35,2)32-22-12-21(31(32)35)27-28(22)34(40-4)18-8-6-5-7-17(18)33(27)39-3/h5-8,15-16,19-22,25-26,29-32H,9-12H2,1-4H3/t15-,16+,19-,20+,21+,22-,25?,26?,29?,30?,31+,32-,35-,36+. The Morgan fingerprint density at radius 1 is 0.675 bits per heavy atom. The van der Waals surface area contributed by atoms with Crippen LogP contribution >= 0.6 is 0 Å². The molecule has 40 heavy (non-hydrogen) atoms. The van der Waals surface area contributed by atoms with E-state index >= 15 is 0 Å². The third-order valence-corrected chi connectivity index (χ3v) is 15.3. The van der Waals surface area contributed by atoms with Gasteiger partial charge in [0.25, 0.3) is 0 Å². The Morgan fingerprint density at radius 2 is 1.12 bits per heavy atom. The summed E-state index contributed by atoms with van der Waals surface area (Å²) in [4.78, 5) is 0. The Balaban J connectivity index is 1.12. The van der Waals surface area contributed by atoms with Crippen LogP contribution in [0.4, 0.5) is 0 Å². The van der Waals surface area contributed by atoms with Gasteiger partial charge in [0.1, 0.15) is 11.5 Å². The molecule has 0 radical (unpaired) electrons. The molecule has 0 saturated heterocycles. The second kappa shape index (κ2) is 6.73. The third kappa shape index (κ3) is 1.90. The van der Waals surface area contributed by atoms with Crippen molar-refractivity contribution in [3.05, 3.63) is 46.5 Å². The van der Waals surface area contributed by atoms with E-state index in [0.717, 1.165) is 71.0 Å². The zero-order valence-electron chi connectivity index (χ0n) is 23.8. The van der Waals surface area contributed by atoms with E-state index in [1.165, 1.54) is 34.7 Å². The van der Waals surface area contributed by atoms with Crippen LogP contribution in [0.15, 0.2) is 35.4 Å². The van der Waals surface area contributed by atoms with Gasteiger partial charge in [0, 0.05) is 33.0 Å². The number of nitriles is 2. The van der Waals surface area contributed by atoms with Crippen molar-refractivity contribution in [3.63, 3.8) is 0 Å². The topological polar surface area (TPSA) is 66.0 Å². The lowest BCUT2D eigenvalue weighted by atomic mass is 9.19. The summed E-state index contributed by atoms with van der Waals surface area (Å²) < 4.78 is 12.5. The number of fused-ring (bicyclic) bond motifs is 20. The first kappa shape index (κ1) is 22.7. The van der Waals surface area contributed by atoms with Gasteiger partial charge in [0.15, 0.2) is 0 Å². The van der Waals surface area contributed by atoms with Crippen LogP contribution in [0.25, 0.3) is 10.8 Å². The van der Waals surface area contributed by atoms with Crippen LogP contribution in [0.3, 0.4) is 0 Å². The molecule has 6 saturated carbocycles. The van der Waals surface area contributed by atoms with Gasteiger partial charge in [-0.15, -0.1) is 0 Å². The summed E-state index contributed by atoms with van der Waals surface area (Å²) in [7, 11) is 3.71. The molecule has 14 atom stereocenters. The average molecular weight is 529 g/mol. The van der Waals surface area contributed by atoms with Crippen LogP contribution in [0.1, 0.15) is 62.5 Å². The van der Waals surface area contributed by atoms with E-state index in [4.69, 9.17) is 9.47 Å². The zero-order chi connectivity index (χ0) is 27.0. The molecule has 0 aromatic heterocycles. The Bertz CT molecular complexity index is 1570. The van der Waals surface area contributed by atoms with Crippen molar-refractivity contribution in [3.8, 4) is 23.6 Å². The lowest BCUT2D eigenvalue weighted by Gasteiger charge is -2.85. The summed E-state index contributed by atoms with van der Waals surface area (Å²) >= 11 is 0. The fourth-order valence-corrected chi connectivity index (χ4v) is 14.9. The Morgan fingerprint density at radius 3 is 1.52 bits per heavy atom. The van der Waals surface area contributed by atoms with Gasteiger partial charge >= 0.3 is 0 Å². The van der Waals surface area contributed by atoms with Crippen molar-refractivity contribution in [1.29, 1.82) is 10.5 Å². The summed E-state index contributed by atoms with van der Waals surface area (Å²) in [5.41, 5.74) is 5.39. The summed E-state index contributed by atoms with van der Waals surface area (Å²) in [6.07, 6.45) is 4.84. The zero-order valence-corrected chi connectivity index (χ0v) is 23.8. The van der Waals surface area contributed by atoms with Gasteiger partial charge in [-0.2, -0.15) is 10.5 Å². The van der Waals surface area contributed by atoms with Gasteiger partial charge in [-0.25, -0.2) is 0 Å². The van der Waals surface area contributed by atoms with Crippen molar-refractivity contribution in [2.45, 2.75) is 51.4 Å². The van der Waals surface area contributed by atoms with Crippen LogP contribution in [-0.2, 0) is 0 Å². The first-order valence-electron chi connectivity index (χ1n) is 15.7. The van der Waals surface area contributed by atoms with Crippen LogP contribution < -0.4 is 9.47 Å². The quantitative estimate of drug-likeness (QED) is 0.386. The molecule has 0 amide bonds. The van der Waals surface area contributed by atoms with E-state index in [9.17, 15) is 10.5 Å². The van der Waals surface area contributed by atoms with E-state index in [1.54, 1.807) is 0 Å². The Hall–Kier alpha value is -2.98. The highest BCUT2D eigenvalue weighted by molar-refractivity contribution is 5.97. The van der Waals surface area contributed by atoms with Gasteiger partial charge in [-0.1, -0.05) is 38.1 Å². The van der Waals surface area contributed by atoms with Crippen molar-refractivity contribution in [1.82, 2.24) is 0 Å². The lowest BCUT2D eigenvalue weighted by Crippen LogP contribution is -2.81. The van der Waals surface area contributed by atoms with Crippen molar-refractivity contribution < 1.29 is 9.47 Å². The molecule has 4 nitrogen and oxygen atoms in total. The molecule has 9 aliphatic rings. The predicted molar refractivity (Wildman–Crippen MR) is 150 cm³/mol. The summed E-state index contributed by atoms with van der Waals surface area (Å²) in [6.45, 7) is 5.36. The van der Waals surface area contributed by atoms with Gasteiger partial charge in [0.05, 0.1) is 26.4 Å². The highest BCUT2D eigenvalue weighted by Crippen LogP contribution is 2.96. The summed E-state index contributed by atoms with van der Waals surface area (Å²) in [5, 5.41) is 22.6. The van der Waals surface area contributed by atoms with E-state index < -0.39 is 0 Å². The fraction of sp³-hybridized carbons (Fsp3) is 0.611.